The van der Waals surface area contributed by atoms with Crippen molar-refractivity contribution in [1.82, 2.24) is 4.90 Å². The Morgan fingerprint density at radius 3 is 2.64 bits per heavy atom. The van der Waals surface area contributed by atoms with Crippen molar-refractivity contribution in [3.63, 3.8) is 0 Å². The van der Waals surface area contributed by atoms with Gasteiger partial charge in [0.15, 0.2) is 0 Å². The molecule has 0 bridgehead atoms. The molecule has 0 unspecified atom stereocenters. The molecular weight excluding hydrogens is 312 g/mol. The van der Waals surface area contributed by atoms with Crippen LogP contribution in [0.25, 0.3) is 0 Å². The highest BCUT2D eigenvalue weighted by Gasteiger charge is 2.33. The van der Waals surface area contributed by atoms with Crippen LogP contribution in [-0.2, 0) is 25.7 Å². The molecule has 0 saturated heterocycles. The Bertz CT molecular complexity index is 519. The van der Waals surface area contributed by atoms with E-state index in [0.717, 1.165) is 4.90 Å². The molecular formula is C13H18N2O6S. The van der Waals surface area contributed by atoms with Crippen LogP contribution in [-0.4, -0.2) is 52.8 Å². The molecule has 1 aromatic heterocycles. The number of carboxylic acid groups (broad SMARTS) is 1. The van der Waals surface area contributed by atoms with E-state index in [1.165, 1.54) is 19.6 Å². The van der Waals surface area contributed by atoms with Crippen LogP contribution in [0.15, 0.2) is 23.0 Å². The van der Waals surface area contributed by atoms with Crippen molar-refractivity contribution in [2.24, 2.45) is 5.73 Å². The molecule has 0 spiro atoms. The first-order valence-electron chi connectivity index (χ1n) is 6.38. The smallest absolute Gasteiger partial charge is 0.329 e. The minimum absolute atomic E-state index is 0.00998. The molecule has 8 nitrogen and oxygen atoms in total. The standard InChI is InChI=1S/C13H18N2O6S/c1-20-13(19)10(7-22)15(5-8-2-3-21-6-8)12(18)9(14)4-11(16)17/h2-3,6,9-10,22H,4-5,7,14H2,1H3,(H,16,17)/t9-,10+/m0/s1. The lowest BCUT2D eigenvalue weighted by Gasteiger charge is -2.30. The summed E-state index contributed by atoms with van der Waals surface area (Å²) in [5, 5.41) is 8.75. The maximum absolute atomic E-state index is 12.4. The van der Waals surface area contributed by atoms with Gasteiger partial charge in [-0.2, -0.15) is 12.6 Å². The molecule has 0 saturated carbocycles. The Kier molecular flexibility index (Phi) is 6.93. The van der Waals surface area contributed by atoms with E-state index in [-0.39, 0.29) is 12.3 Å². The lowest BCUT2D eigenvalue weighted by atomic mass is 10.1. The Balaban J connectivity index is 3.01. The van der Waals surface area contributed by atoms with Crippen LogP contribution in [0.4, 0.5) is 0 Å². The second-order valence-corrected chi connectivity index (χ2v) is 4.89. The normalized spacial score (nSPS) is 13.2. The summed E-state index contributed by atoms with van der Waals surface area (Å²) in [4.78, 5) is 36.1. The van der Waals surface area contributed by atoms with E-state index in [9.17, 15) is 14.4 Å². The van der Waals surface area contributed by atoms with Crippen molar-refractivity contribution >= 4 is 30.5 Å². The topological polar surface area (TPSA) is 123 Å². The fourth-order valence-electron chi connectivity index (χ4n) is 1.85. The van der Waals surface area contributed by atoms with Gasteiger partial charge in [-0.15, -0.1) is 0 Å². The second kappa shape index (κ2) is 8.44. The number of thiol groups is 1. The zero-order chi connectivity index (χ0) is 16.7. The molecule has 122 valence electrons. The number of hydrogen-bond donors (Lipinski definition) is 3. The molecule has 2 atom stereocenters. The van der Waals surface area contributed by atoms with Crippen LogP contribution < -0.4 is 5.73 Å². The summed E-state index contributed by atoms with van der Waals surface area (Å²) in [5.41, 5.74) is 6.24. The second-order valence-electron chi connectivity index (χ2n) is 4.52. The zero-order valence-corrected chi connectivity index (χ0v) is 12.9. The molecule has 1 rings (SSSR count). The average Bonchev–Trinajstić information content (AvgIpc) is 2.98. The Labute approximate surface area is 132 Å². The summed E-state index contributed by atoms with van der Waals surface area (Å²) in [7, 11) is 1.19. The van der Waals surface area contributed by atoms with E-state index in [1.54, 1.807) is 6.07 Å². The third-order valence-corrected chi connectivity index (χ3v) is 3.30. The molecule has 1 heterocycles. The molecule has 9 heteroatoms. The molecule has 0 aromatic carbocycles. The summed E-state index contributed by atoms with van der Waals surface area (Å²) in [6.07, 6.45) is 2.29. The fourth-order valence-corrected chi connectivity index (χ4v) is 2.19. The molecule has 0 aliphatic carbocycles. The van der Waals surface area contributed by atoms with E-state index >= 15 is 0 Å². The van der Waals surface area contributed by atoms with E-state index in [1.807, 2.05) is 0 Å². The Morgan fingerprint density at radius 1 is 1.50 bits per heavy atom. The van der Waals surface area contributed by atoms with Crippen LogP contribution in [0.3, 0.4) is 0 Å². The number of ether oxygens (including phenoxy) is 1. The Hall–Kier alpha value is -2.00. The van der Waals surface area contributed by atoms with Gasteiger partial charge in [0.2, 0.25) is 5.91 Å². The Morgan fingerprint density at radius 2 is 2.18 bits per heavy atom. The molecule has 0 aliphatic heterocycles. The predicted molar refractivity (Wildman–Crippen MR) is 79.1 cm³/mol. The highest BCUT2D eigenvalue weighted by molar-refractivity contribution is 7.80. The van der Waals surface area contributed by atoms with Crippen molar-refractivity contribution in [2.75, 3.05) is 12.9 Å². The number of nitrogens with zero attached hydrogens (tertiary/aromatic N) is 1. The van der Waals surface area contributed by atoms with Crippen molar-refractivity contribution in [3.8, 4) is 0 Å². The lowest BCUT2D eigenvalue weighted by molar-refractivity contribution is -0.153. The first-order valence-corrected chi connectivity index (χ1v) is 7.01. The molecule has 0 radical (unpaired) electrons. The lowest BCUT2D eigenvalue weighted by Crippen LogP contribution is -2.52. The molecule has 1 amide bonds. The SMILES string of the molecule is COC(=O)[C@@H](CS)N(Cc1ccoc1)C(=O)[C@@H](N)CC(=O)O. The highest BCUT2D eigenvalue weighted by Crippen LogP contribution is 2.14. The van der Waals surface area contributed by atoms with Gasteiger partial charge in [0.1, 0.15) is 6.04 Å². The highest BCUT2D eigenvalue weighted by atomic mass is 32.1. The van der Waals surface area contributed by atoms with E-state index in [4.69, 9.17) is 15.3 Å². The quantitative estimate of drug-likeness (QED) is 0.448. The maximum Gasteiger partial charge on any atom is 0.329 e. The fraction of sp³-hybridized carbons (Fsp3) is 0.462. The number of aliphatic carboxylic acids is 1. The summed E-state index contributed by atoms with van der Waals surface area (Å²) in [5.74, 6) is -2.53. The first-order chi connectivity index (χ1) is 10.4. The third kappa shape index (κ3) is 4.78. The summed E-state index contributed by atoms with van der Waals surface area (Å²) < 4.78 is 9.57. The average molecular weight is 330 g/mol. The van der Waals surface area contributed by atoms with Gasteiger partial charge in [-0.25, -0.2) is 4.79 Å². The van der Waals surface area contributed by atoms with E-state index in [0.29, 0.717) is 5.56 Å². The number of carbonyl (C=O) groups excluding carboxylic acids is 2. The van der Waals surface area contributed by atoms with Crippen LogP contribution in [0.1, 0.15) is 12.0 Å². The number of furan rings is 1. The molecule has 1 aromatic rings. The molecule has 22 heavy (non-hydrogen) atoms. The van der Waals surface area contributed by atoms with E-state index < -0.39 is 36.4 Å². The van der Waals surface area contributed by atoms with Crippen molar-refractivity contribution in [1.29, 1.82) is 0 Å². The van der Waals surface area contributed by atoms with Gasteiger partial charge >= 0.3 is 11.9 Å². The number of hydrogen-bond acceptors (Lipinski definition) is 7. The maximum atomic E-state index is 12.4. The summed E-state index contributed by atoms with van der Waals surface area (Å²) in [6.45, 7) is 0.0307. The van der Waals surface area contributed by atoms with Crippen molar-refractivity contribution in [2.45, 2.75) is 25.0 Å². The number of carboxylic acids is 1. The van der Waals surface area contributed by atoms with Gasteiger partial charge in [-0.05, 0) is 6.07 Å². The van der Waals surface area contributed by atoms with Crippen molar-refractivity contribution in [3.05, 3.63) is 24.2 Å². The predicted octanol–water partition coefficient (Wildman–Crippen LogP) is -0.118. The van der Waals surface area contributed by atoms with Crippen molar-refractivity contribution < 1.29 is 28.6 Å². The summed E-state index contributed by atoms with van der Waals surface area (Å²) in [6, 6.07) is -0.623. The van der Waals surface area contributed by atoms with E-state index in [2.05, 4.69) is 17.4 Å². The van der Waals surface area contributed by atoms with Crippen LogP contribution in [0.2, 0.25) is 0 Å². The number of rotatable bonds is 8. The number of esters is 1. The number of amides is 1. The van der Waals surface area contributed by atoms with Gasteiger partial charge in [-0.3, -0.25) is 9.59 Å². The minimum Gasteiger partial charge on any atom is -0.481 e. The number of methoxy groups -OCH3 is 1. The summed E-state index contributed by atoms with van der Waals surface area (Å²) >= 11 is 4.06. The van der Waals surface area contributed by atoms with Gasteiger partial charge < -0.3 is 24.9 Å². The van der Waals surface area contributed by atoms with Crippen LogP contribution in [0.5, 0.6) is 0 Å². The number of nitrogens with two attached hydrogens (primary N) is 1. The van der Waals surface area contributed by atoms with Gasteiger partial charge in [0.25, 0.3) is 0 Å². The third-order valence-electron chi connectivity index (χ3n) is 2.95. The monoisotopic (exact) mass is 330 g/mol. The first kappa shape index (κ1) is 18.1. The molecule has 0 aliphatic rings. The minimum atomic E-state index is -1.27. The zero-order valence-electron chi connectivity index (χ0n) is 12.0. The van der Waals surface area contributed by atoms with Crippen LogP contribution >= 0.6 is 12.6 Å². The van der Waals surface area contributed by atoms with Gasteiger partial charge in [0.05, 0.1) is 32.1 Å². The molecule has 3 N–H and O–H groups in total. The molecule has 0 fully saturated rings. The van der Waals surface area contributed by atoms with Gasteiger partial charge in [-0.1, -0.05) is 0 Å². The number of carbonyl (C=O) groups is 3. The largest absolute Gasteiger partial charge is 0.481 e. The van der Waals surface area contributed by atoms with Gasteiger partial charge in [0, 0.05) is 17.9 Å². The van der Waals surface area contributed by atoms with Crippen LogP contribution in [0, 0.1) is 0 Å².